The summed E-state index contributed by atoms with van der Waals surface area (Å²) in [4.78, 5) is 12.3. The molecule has 0 unspecified atom stereocenters. The first kappa shape index (κ1) is 17.5. The maximum absolute atomic E-state index is 12.7. The number of benzene rings is 2. The van der Waals surface area contributed by atoms with Crippen LogP contribution in [0, 0.1) is 6.92 Å². The van der Waals surface area contributed by atoms with Gasteiger partial charge >= 0.3 is 6.18 Å². The molecule has 0 radical (unpaired) electrons. The molecule has 0 spiro atoms. The number of amides is 1. The monoisotopic (exact) mass is 385 g/mol. The summed E-state index contributed by atoms with van der Waals surface area (Å²) < 4.78 is 39.1. The Morgan fingerprint density at radius 2 is 1.91 bits per heavy atom. The van der Waals surface area contributed by atoms with Crippen molar-refractivity contribution in [1.82, 2.24) is 0 Å². The van der Waals surface area contributed by atoms with Gasteiger partial charge in [0.1, 0.15) is 0 Å². The third kappa shape index (κ3) is 4.13. The van der Waals surface area contributed by atoms with Crippen LogP contribution in [-0.2, 0) is 12.6 Å². The van der Waals surface area contributed by atoms with Crippen LogP contribution in [-0.4, -0.2) is 5.91 Å². The minimum Gasteiger partial charge on any atom is -0.321 e. The van der Waals surface area contributed by atoms with Gasteiger partial charge in [0.2, 0.25) is 0 Å². The van der Waals surface area contributed by atoms with Crippen molar-refractivity contribution in [1.29, 1.82) is 0 Å². The molecule has 0 atom stereocenters. The summed E-state index contributed by atoms with van der Waals surface area (Å²) in [5, 5.41) is 2.72. The summed E-state index contributed by atoms with van der Waals surface area (Å²) in [5.74, 6) is -0.559. The van der Waals surface area contributed by atoms with E-state index < -0.39 is 17.6 Å². The van der Waals surface area contributed by atoms with Crippen molar-refractivity contribution in [2.75, 3.05) is 5.32 Å². The second kappa shape index (κ2) is 6.74. The lowest BCUT2D eigenvalue weighted by atomic mass is 10.0. The predicted molar refractivity (Wildman–Crippen MR) is 87.7 cm³/mol. The molecule has 23 heavy (non-hydrogen) atoms. The highest BCUT2D eigenvalue weighted by Gasteiger charge is 2.30. The zero-order valence-corrected chi connectivity index (χ0v) is 14.2. The van der Waals surface area contributed by atoms with Crippen LogP contribution in [0.15, 0.2) is 40.9 Å². The first-order chi connectivity index (χ1) is 10.7. The van der Waals surface area contributed by atoms with E-state index in [0.717, 1.165) is 27.7 Å². The molecule has 0 aliphatic rings. The Morgan fingerprint density at radius 3 is 2.52 bits per heavy atom. The summed E-state index contributed by atoms with van der Waals surface area (Å²) in [5.41, 5.74) is 1.53. The Hall–Kier alpha value is -1.82. The first-order valence-corrected chi connectivity index (χ1v) is 7.79. The van der Waals surface area contributed by atoms with Crippen LogP contribution in [0.4, 0.5) is 18.9 Å². The second-order valence-corrected chi connectivity index (χ2v) is 6.06. The molecule has 0 aliphatic heterocycles. The van der Waals surface area contributed by atoms with Crippen LogP contribution >= 0.6 is 15.9 Å². The van der Waals surface area contributed by atoms with Gasteiger partial charge in [0, 0.05) is 15.7 Å². The highest BCUT2D eigenvalue weighted by molar-refractivity contribution is 9.10. The highest BCUT2D eigenvalue weighted by Crippen LogP contribution is 2.30. The van der Waals surface area contributed by atoms with Crippen molar-refractivity contribution < 1.29 is 18.0 Å². The lowest BCUT2D eigenvalue weighted by molar-refractivity contribution is -0.137. The number of halogens is 4. The molecular weight excluding hydrogens is 371 g/mol. The van der Waals surface area contributed by atoms with Crippen LogP contribution in [0.1, 0.15) is 34.0 Å². The van der Waals surface area contributed by atoms with E-state index in [2.05, 4.69) is 21.2 Å². The minimum atomic E-state index is -4.47. The first-order valence-electron chi connectivity index (χ1n) is 7.00. The molecular formula is C17H15BrF3NO. The molecule has 0 saturated carbocycles. The van der Waals surface area contributed by atoms with E-state index in [1.807, 2.05) is 26.0 Å². The molecule has 1 N–H and O–H groups in total. The van der Waals surface area contributed by atoms with Crippen LogP contribution in [0.3, 0.4) is 0 Å². The summed E-state index contributed by atoms with van der Waals surface area (Å²) >= 11 is 3.39. The number of alkyl halides is 3. The van der Waals surface area contributed by atoms with Crippen LogP contribution in [0.25, 0.3) is 0 Å². The third-order valence-corrected chi connectivity index (χ3v) is 3.91. The molecule has 1 amide bonds. The molecule has 2 rings (SSSR count). The van der Waals surface area contributed by atoms with Gasteiger partial charge in [-0.2, -0.15) is 13.2 Å². The van der Waals surface area contributed by atoms with Crippen molar-refractivity contribution in [3.05, 3.63) is 63.1 Å². The Morgan fingerprint density at radius 1 is 1.22 bits per heavy atom. The van der Waals surface area contributed by atoms with Crippen molar-refractivity contribution in [2.24, 2.45) is 0 Å². The van der Waals surface area contributed by atoms with Crippen molar-refractivity contribution in [3.8, 4) is 0 Å². The van der Waals surface area contributed by atoms with Crippen molar-refractivity contribution in [3.63, 3.8) is 0 Å². The van der Waals surface area contributed by atoms with Crippen molar-refractivity contribution in [2.45, 2.75) is 26.4 Å². The number of aryl methyl sites for hydroxylation is 2. The predicted octanol–water partition coefficient (Wildman–Crippen LogP) is 5.59. The topological polar surface area (TPSA) is 29.1 Å². The quantitative estimate of drug-likeness (QED) is 0.732. The SMILES string of the molecule is CCc1cc(Br)cc(C)c1NC(=O)c1cccc(C(F)(F)F)c1. The van der Waals surface area contributed by atoms with Gasteiger partial charge in [-0.25, -0.2) is 0 Å². The maximum Gasteiger partial charge on any atom is 0.416 e. The Labute approximate surface area is 140 Å². The average Bonchev–Trinajstić information content (AvgIpc) is 2.48. The number of anilines is 1. The Balaban J connectivity index is 2.34. The second-order valence-electron chi connectivity index (χ2n) is 5.14. The van der Waals surface area contributed by atoms with E-state index in [-0.39, 0.29) is 5.56 Å². The normalized spacial score (nSPS) is 11.4. The zero-order valence-electron chi connectivity index (χ0n) is 12.6. The van der Waals surface area contributed by atoms with Gasteiger partial charge in [-0.3, -0.25) is 4.79 Å². The molecule has 0 heterocycles. The summed E-state index contributed by atoms with van der Waals surface area (Å²) in [6, 6.07) is 8.13. The summed E-state index contributed by atoms with van der Waals surface area (Å²) in [7, 11) is 0. The lowest BCUT2D eigenvalue weighted by Crippen LogP contribution is -2.15. The van der Waals surface area contributed by atoms with Gasteiger partial charge in [-0.15, -0.1) is 0 Å². The van der Waals surface area contributed by atoms with Crippen LogP contribution in [0.5, 0.6) is 0 Å². The fourth-order valence-corrected chi connectivity index (χ4v) is 2.91. The van der Waals surface area contributed by atoms with Gasteiger partial charge in [0.05, 0.1) is 5.56 Å². The summed E-state index contributed by atoms with van der Waals surface area (Å²) in [6.45, 7) is 3.78. The molecule has 2 aromatic carbocycles. The molecule has 0 fully saturated rings. The van der Waals surface area contributed by atoms with Gasteiger partial charge in [-0.1, -0.05) is 28.9 Å². The number of hydrogen-bond acceptors (Lipinski definition) is 1. The Kier molecular flexibility index (Phi) is 5.14. The average molecular weight is 386 g/mol. The fraction of sp³-hybridized carbons (Fsp3) is 0.235. The molecule has 0 aliphatic carbocycles. The zero-order chi connectivity index (χ0) is 17.2. The standard InChI is InChI=1S/C17H15BrF3NO/c1-3-11-9-14(18)7-10(2)15(11)22-16(23)12-5-4-6-13(8-12)17(19,20)21/h4-9H,3H2,1-2H3,(H,22,23). The van der Waals surface area contributed by atoms with E-state index in [1.165, 1.54) is 12.1 Å². The van der Waals surface area contributed by atoms with E-state index in [4.69, 9.17) is 0 Å². The van der Waals surface area contributed by atoms with E-state index in [1.54, 1.807) is 0 Å². The number of rotatable bonds is 3. The third-order valence-electron chi connectivity index (χ3n) is 3.45. The molecule has 122 valence electrons. The Bertz CT molecular complexity index is 741. The van der Waals surface area contributed by atoms with E-state index >= 15 is 0 Å². The largest absolute Gasteiger partial charge is 0.416 e. The van der Waals surface area contributed by atoms with Gasteiger partial charge < -0.3 is 5.32 Å². The van der Waals surface area contributed by atoms with E-state index in [9.17, 15) is 18.0 Å². The smallest absolute Gasteiger partial charge is 0.321 e. The summed E-state index contributed by atoms with van der Waals surface area (Å²) in [6.07, 6.45) is -3.78. The minimum absolute atomic E-state index is 0.0239. The van der Waals surface area contributed by atoms with Gasteiger partial charge in [0.25, 0.3) is 5.91 Å². The molecule has 0 bridgehead atoms. The number of carbonyl (C=O) groups excluding carboxylic acids is 1. The number of hydrogen-bond donors (Lipinski definition) is 1. The number of nitrogens with one attached hydrogen (secondary N) is 1. The van der Waals surface area contributed by atoms with Crippen LogP contribution < -0.4 is 5.32 Å². The molecule has 6 heteroatoms. The number of carbonyl (C=O) groups is 1. The molecule has 0 saturated heterocycles. The van der Waals surface area contributed by atoms with Gasteiger partial charge in [0.15, 0.2) is 0 Å². The fourth-order valence-electron chi connectivity index (χ4n) is 2.29. The highest BCUT2D eigenvalue weighted by atomic mass is 79.9. The van der Waals surface area contributed by atoms with Gasteiger partial charge in [-0.05, 0) is 54.8 Å². The van der Waals surface area contributed by atoms with Crippen LogP contribution in [0.2, 0.25) is 0 Å². The lowest BCUT2D eigenvalue weighted by Gasteiger charge is -2.14. The molecule has 2 nitrogen and oxygen atoms in total. The molecule has 2 aromatic rings. The molecule has 0 aromatic heterocycles. The van der Waals surface area contributed by atoms with Crippen molar-refractivity contribution >= 4 is 27.5 Å². The van der Waals surface area contributed by atoms with E-state index in [0.29, 0.717) is 12.1 Å². The maximum atomic E-state index is 12.7.